The molecule has 1 heterocycles. The van der Waals surface area contributed by atoms with Crippen LogP contribution in [0.1, 0.15) is 39.5 Å². The van der Waals surface area contributed by atoms with Crippen molar-refractivity contribution in [2.75, 3.05) is 6.54 Å². The zero-order chi connectivity index (χ0) is 10.6. The van der Waals surface area contributed by atoms with E-state index < -0.39 is 0 Å². The topological polar surface area (TPSA) is 37.4 Å². The Morgan fingerprint density at radius 1 is 1.43 bits per heavy atom. The van der Waals surface area contributed by atoms with Gasteiger partial charge >= 0.3 is 0 Å². The molecule has 1 aliphatic rings. The molecular formula is C11H18NO2. The first-order valence-electron chi connectivity index (χ1n) is 5.24. The van der Waals surface area contributed by atoms with Crippen LogP contribution in [0, 0.1) is 12.5 Å². The number of Topliss-reactive ketones (excluding diaryl/α,β-unsaturated/α-hetero) is 1. The Morgan fingerprint density at radius 2 is 2.14 bits per heavy atom. The molecule has 1 radical (unpaired) electrons. The summed E-state index contributed by atoms with van der Waals surface area (Å²) >= 11 is 0. The van der Waals surface area contributed by atoms with E-state index in [0.717, 1.165) is 19.4 Å². The van der Waals surface area contributed by atoms with E-state index in [1.165, 1.54) is 13.3 Å². The number of rotatable bonds is 3. The largest absolute Gasteiger partial charge is 0.337 e. The minimum absolute atomic E-state index is 0.0860. The van der Waals surface area contributed by atoms with E-state index in [9.17, 15) is 9.59 Å². The lowest BCUT2D eigenvalue weighted by atomic mass is 10.0. The first-order chi connectivity index (χ1) is 6.61. The van der Waals surface area contributed by atoms with Crippen LogP contribution in [-0.4, -0.2) is 23.1 Å². The second kappa shape index (κ2) is 5.13. The average molecular weight is 196 g/mol. The van der Waals surface area contributed by atoms with Crippen LogP contribution in [0.15, 0.2) is 0 Å². The predicted octanol–water partition coefficient (Wildman–Crippen LogP) is 1.78. The van der Waals surface area contributed by atoms with Crippen molar-refractivity contribution in [2.24, 2.45) is 5.92 Å². The Bertz CT molecular complexity index is 219. The van der Waals surface area contributed by atoms with E-state index in [1.807, 2.05) is 13.5 Å². The van der Waals surface area contributed by atoms with Gasteiger partial charge in [0.15, 0.2) is 0 Å². The smallest absolute Gasteiger partial charge is 0.226 e. The molecule has 1 fully saturated rings. The summed E-state index contributed by atoms with van der Waals surface area (Å²) in [7, 11) is 0. The second-order valence-corrected chi connectivity index (χ2v) is 4.02. The number of carbonyl (C=O) groups excluding carboxylic acids is 2. The molecule has 0 saturated carbocycles. The molecule has 1 unspecified atom stereocenters. The maximum Gasteiger partial charge on any atom is 0.226 e. The molecule has 3 nitrogen and oxygen atoms in total. The Hall–Kier alpha value is -0.860. The Labute approximate surface area is 85.5 Å². The summed E-state index contributed by atoms with van der Waals surface area (Å²) in [4.78, 5) is 24.4. The highest BCUT2D eigenvalue weighted by Gasteiger charge is 2.22. The summed E-state index contributed by atoms with van der Waals surface area (Å²) in [6.07, 6.45) is 3.60. The summed E-state index contributed by atoms with van der Waals surface area (Å²) in [5.74, 6) is 0.0182. The predicted molar refractivity (Wildman–Crippen MR) is 54.3 cm³/mol. The van der Waals surface area contributed by atoms with E-state index in [-0.39, 0.29) is 17.6 Å². The lowest BCUT2D eigenvalue weighted by Crippen LogP contribution is -2.36. The molecule has 1 amide bonds. The van der Waals surface area contributed by atoms with Gasteiger partial charge in [0.1, 0.15) is 5.78 Å². The summed E-state index contributed by atoms with van der Waals surface area (Å²) in [6.45, 7) is 6.14. The highest BCUT2D eigenvalue weighted by Crippen LogP contribution is 2.17. The molecule has 0 aromatic rings. The van der Waals surface area contributed by atoms with E-state index in [4.69, 9.17) is 0 Å². The van der Waals surface area contributed by atoms with Crippen LogP contribution in [-0.2, 0) is 9.59 Å². The molecule has 0 spiro atoms. The van der Waals surface area contributed by atoms with Crippen molar-refractivity contribution in [2.45, 2.75) is 39.5 Å². The molecule has 1 atom stereocenters. The molecule has 0 aliphatic carbocycles. The third-order valence-corrected chi connectivity index (χ3v) is 2.50. The Balaban J connectivity index is 2.42. The van der Waals surface area contributed by atoms with Gasteiger partial charge in [0.25, 0.3) is 0 Å². The number of nitrogens with zero attached hydrogens (tertiary/aromatic N) is 1. The van der Waals surface area contributed by atoms with Gasteiger partial charge in [0.05, 0.1) is 6.54 Å². The van der Waals surface area contributed by atoms with Gasteiger partial charge in [-0.1, -0.05) is 6.92 Å². The third kappa shape index (κ3) is 3.13. The number of amides is 1. The zero-order valence-electron chi connectivity index (χ0n) is 8.95. The van der Waals surface area contributed by atoms with E-state index in [1.54, 1.807) is 4.90 Å². The van der Waals surface area contributed by atoms with E-state index in [2.05, 4.69) is 0 Å². The van der Waals surface area contributed by atoms with Crippen molar-refractivity contribution in [3.05, 3.63) is 6.54 Å². The maximum absolute atomic E-state index is 11.8. The molecule has 0 bridgehead atoms. The number of hydrogen-bond donors (Lipinski definition) is 0. The number of ketones is 1. The molecule has 3 heteroatoms. The number of likely N-dealkylation sites (tertiary alicyclic amines) is 1. The van der Waals surface area contributed by atoms with Crippen LogP contribution in [0.4, 0.5) is 0 Å². The Kier molecular flexibility index (Phi) is 4.11. The van der Waals surface area contributed by atoms with Crippen molar-refractivity contribution in [1.82, 2.24) is 4.90 Å². The fourth-order valence-corrected chi connectivity index (χ4v) is 1.77. The van der Waals surface area contributed by atoms with Crippen LogP contribution >= 0.6 is 0 Å². The summed E-state index contributed by atoms with van der Waals surface area (Å²) in [6, 6.07) is 0. The van der Waals surface area contributed by atoms with Gasteiger partial charge in [0.2, 0.25) is 5.91 Å². The summed E-state index contributed by atoms with van der Waals surface area (Å²) in [5.41, 5.74) is 0. The van der Waals surface area contributed by atoms with Gasteiger partial charge in [-0.3, -0.25) is 4.79 Å². The molecule has 1 aliphatic heterocycles. The minimum Gasteiger partial charge on any atom is -0.337 e. The Morgan fingerprint density at radius 3 is 2.64 bits per heavy atom. The highest BCUT2D eigenvalue weighted by atomic mass is 16.2. The van der Waals surface area contributed by atoms with Crippen LogP contribution in [0.5, 0.6) is 0 Å². The zero-order valence-corrected chi connectivity index (χ0v) is 8.95. The van der Waals surface area contributed by atoms with Gasteiger partial charge in [-0.15, -0.1) is 0 Å². The van der Waals surface area contributed by atoms with Crippen molar-refractivity contribution >= 4 is 11.7 Å². The van der Waals surface area contributed by atoms with E-state index >= 15 is 0 Å². The molecule has 0 aromatic carbocycles. The van der Waals surface area contributed by atoms with Crippen molar-refractivity contribution in [3.8, 4) is 0 Å². The van der Waals surface area contributed by atoms with Gasteiger partial charge < -0.3 is 9.69 Å². The highest BCUT2D eigenvalue weighted by molar-refractivity contribution is 5.85. The standard InChI is InChI=1S/C11H18NO2/c1-9(8-10(2)13)11(14)12-6-4-3-5-7-12/h6,9H,3-5,7-8H2,1-2H3. The van der Waals surface area contributed by atoms with Crippen molar-refractivity contribution in [3.63, 3.8) is 0 Å². The molecule has 79 valence electrons. The van der Waals surface area contributed by atoms with Crippen molar-refractivity contribution in [1.29, 1.82) is 0 Å². The molecule has 1 saturated heterocycles. The van der Waals surface area contributed by atoms with Crippen LogP contribution in [0.3, 0.4) is 0 Å². The van der Waals surface area contributed by atoms with Gasteiger partial charge in [-0.25, -0.2) is 0 Å². The average Bonchev–Trinajstić information content (AvgIpc) is 2.17. The fourth-order valence-electron chi connectivity index (χ4n) is 1.77. The third-order valence-electron chi connectivity index (χ3n) is 2.50. The van der Waals surface area contributed by atoms with Crippen molar-refractivity contribution < 1.29 is 9.59 Å². The molecule has 14 heavy (non-hydrogen) atoms. The monoisotopic (exact) mass is 196 g/mol. The minimum atomic E-state index is -0.165. The normalized spacial score (nSPS) is 19.1. The first kappa shape index (κ1) is 11.2. The van der Waals surface area contributed by atoms with Crippen LogP contribution < -0.4 is 0 Å². The molecule has 0 aromatic heterocycles. The van der Waals surface area contributed by atoms with Gasteiger partial charge in [-0.05, 0) is 26.2 Å². The number of hydrogen-bond acceptors (Lipinski definition) is 2. The number of carbonyl (C=O) groups is 2. The summed E-state index contributed by atoms with van der Waals surface area (Å²) < 4.78 is 0. The molecule has 1 rings (SSSR count). The number of piperidine rings is 1. The molecule has 0 N–H and O–H groups in total. The second-order valence-electron chi connectivity index (χ2n) is 4.02. The SMILES string of the molecule is CC(=O)CC(C)C(=O)N1[CH]CCCC1. The maximum atomic E-state index is 11.8. The first-order valence-corrected chi connectivity index (χ1v) is 5.24. The van der Waals surface area contributed by atoms with Crippen LogP contribution in [0.25, 0.3) is 0 Å². The van der Waals surface area contributed by atoms with Crippen LogP contribution in [0.2, 0.25) is 0 Å². The summed E-state index contributed by atoms with van der Waals surface area (Å²) in [5, 5.41) is 0. The lowest BCUT2D eigenvalue weighted by Gasteiger charge is -2.28. The van der Waals surface area contributed by atoms with Gasteiger partial charge in [-0.2, -0.15) is 0 Å². The molecular weight excluding hydrogens is 178 g/mol. The fraction of sp³-hybridized carbons (Fsp3) is 0.727. The van der Waals surface area contributed by atoms with Gasteiger partial charge in [0, 0.05) is 18.9 Å². The quantitative estimate of drug-likeness (QED) is 0.690. The lowest BCUT2D eigenvalue weighted by molar-refractivity contribution is -0.136. The van der Waals surface area contributed by atoms with E-state index in [0.29, 0.717) is 6.42 Å².